The molecule has 0 atom stereocenters. The summed E-state index contributed by atoms with van der Waals surface area (Å²) in [7, 11) is 0. The van der Waals surface area contributed by atoms with Crippen LogP contribution in [0.4, 0.5) is 0 Å². The number of halogens is 1. The molecule has 2 rings (SSSR count). The molecule has 0 fully saturated rings. The van der Waals surface area contributed by atoms with Crippen LogP contribution in [0.5, 0.6) is 0 Å². The normalized spacial score (nSPS) is 9.14. The Bertz CT molecular complexity index is 329. The quantitative estimate of drug-likeness (QED) is 0.784. The number of hydrogen-bond donors (Lipinski definition) is 0. The first-order chi connectivity index (χ1) is 6.45. The largest absolute Gasteiger partial charge is 0.250 e. The van der Waals surface area contributed by atoms with Crippen molar-refractivity contribution in [2.75, 3.05) is 0 Å². The molecule has 4 heteroatoms. The van der Waals surface area contributed by atoms with E-state index in [0.717, 1.165) is 10.1 Å². The number of pyridine rings is 2. The monoisotopic (exact) mass is 224 g/mol. The highest BCUT2D eigenvalue weighted by atomic mass is 35.5. The van der Waals surface area contributed by atoms with Crippen molar-refractivity contribution in [2.45, 2.75) is 10.1 Å². The van der Waals surface area contributed by atoms with Gasteiger partial charge in [0, 0.05) is 12.4 Å². The zero-order valence-electron chi connectivity index (χ0n) is 7.33. The van der Waals surface area contributed by atoms with Crippen molar-refractivity contribution < 1.29 is 0 Å². The third kappa shape index (κ3) is 3.01. The average molecular weight is 225 g/mol. The molecule has 0 spiro atoms. The summed E-state index contributed by atoms with van der Waals surface area (Å²) in [4.78, 5) is 8.39. The van der Waals surface area contributed by atoms with Crippen LogP contribution < -0.4 is 0 Å². The Morgan fingerprint density at radius 2 is 1.29 bits per heavy atom. The van der Waals surface area contributed by atoms with E-state index in [4.69, 9.17) is 0 Å². The van der Waals surface area contributed by atoms with Gasteiger partial charge in [0.15, 0.2) is 0 Å². The van der Waals surface area contributed by atoms with E-state index in [1.54, 1.807) is 24.2 Å². The Balaban J connectivity index is 0.000000980. The lowest BCUT2D eigenvalue weighted by atomic mass is 10.5. The Labute approximate surface area is 93.2 Å². The van der Waals surface area contributed by atoms with Gasteiger partial charge in [0.1, 0.15) is 10.1 Å². The van der Waals surface area contributed by atoms with Gasteiger partial charge in [-0.1, -0.05) is 23.9 Å². The van der Waals surface area contributed by atoms with Crippen molar-refractivity contribution in [1.82, 2.24) is 9.97 Å². The van der Waals surface area contributed by atoms with E-state index in [2.05, 4.69) is 9.97 Å². The SMILES string of the molecule is Cl.c1ccc(Sc2ccccn2)nc1. The van der Waals surface area contributed by atoms with Crippen LogP contribution in [-0.4, -0.2) is 9.97 Å². The van der Waals surface area contributed by atoms with E-state index in [9.17, 15) is 0 Å². The van der Waals surface area contributed by atoms with Crippen LogP contribution in [0, 0.1) is 0 Å². The Kier molecular flexibility index (Phi) is 4.43. The fraction of sp³-hybridized carbons (Fsp3) is 0. The predicted molar refractivity (Wildman–Crippen MR) is 59.8 cm³/mol. The molecule has 0 radical (unpaired) electrons. The summed E-state index contributed by atoms with van der Waals surface area (Å²) in [5, 5.41) is 1.95. The maximum absolute atomic E-state index is 4.20. The number of hydrogen-bond acceptors (Lipinski definition) is 3. The molecular weight excluding hydrogens is 216 g/mol. The van der Waals surface area contributed by atoms with Crippen LogP contribution in [0.3, 0.4) is 0 Å². The first-order valence-electron chi connectivity index (χ1n) is 3.95. The van der Waals surface area contributed by atoms with Crippen molar-refractivity contribution in [3.8, 4) is 0 Å². The topological polar surface area (TPSA) is 25.8 Å². The van der Waals surface area contributed by atoms with Gasteiger partial charge in [-0.3, -0.25) is 0 Å². The Morgan fingerprint density at radius 1 is 0.786 bits per heavy atom. The van der Waals surface area contributed by atoms with Crippen LogP contribution in [0.1, 0.15) is 0 Å². The molecule has 2 nitrogen and oxygen atoms in total. The minimum absolute atomic E-state index is 0. The summed E-state index contributed by atoms with van der Waals surface area (Å²) in [6, 6.07) is 11.7. The van der Waals surface area contributed by atoms with E-state index in [-0.39, 0.29) is 12.4 Å². The van der Waals surface area contributed by atoms with Crippen molar-refractivity contribution in [2.24, 2.45) is 0 Å². The second-order valence-corrected chi connectivity index (χ2v) is 3.48. The molecule has 2 aromatic heterocycles. The maximum atomic E-state index is 4.20. The van der Waals surface area contributed by atoms with Crippen LogP contribution in [-0.2, 0) is 0 Å². The van der Waals surface area contributed by atoms with Crippen LogP contribution in [0.25, 0.3) is 0 Å². The molecule has 72 valence electrons. The fourth-order valence-corrected chi connectivity index (χ4v) is 1.66. The molecule has 0 saturated carbocycles. The molecule has 0 saturated heterocycles. The lowest BCUT2D eigenvalue weighted by molar-refractivity contribution is 1.09. The minimum Gasteiger partial charge on any atom is -0.250 e. The number of rotatable bonds is 2. The molecular formula is C10H9ClN2S. The lowest BCUT2D eigenvalue weighted by Gasteiger charge is -1.97. The summed E-state index contributed by atoms with van der Waals surface area (Å²) < 4.78 is 0. The van der Waals surface area contributed by atoms with E-state index in [1.165, 1.54) is 0 Å². The van der Waals surface area contributed by atoms with Gasteiger partial charge in [0.2, 0.25) is 0 Å². The Morgan fingerprint density at radius 3 is 1.64 bits per heavy atom. The maximum Gasteiger partial charge on any atom is 0.102 e. The summed E-state index contributed by atoms with van der Waals surface area (Å²) in [5.74, 6) is 0. The molecule has 0 amide bonds. The standard InChI is InChI=1S/C10H8N2S.ClH/c1-3-7-11-9(5-1)13-10-6-2-4-8-12-10;/h1-8H;1H. The van der Waals surface area contributed by atoms with Crippen molar-refractivity contribution >= 4 is 24.2 Å². The molecule has 2 heterocycles. The van der Waals surface area contributed by atoms with E-state index >= 15 is 0 Å². The molecule has 0 bridgehead atoms. The highest BCUT2D eigenvalue weighted by molar-refractivity contribution is 7.99. The minimum atomic E-state index is 0. The van der Waals surface area contributed by atoms with E-state index < -0.39 is 0 Å². The molecule has 2 aromatic rings. The molecule has 0 aromatic carbocycles. The van der Waals surface area contributed by atoms with Gasteiger partial charge in [-0.2, -0.15) is 0 Å². The molecule has 0 N–H and O–H groups in total. The first kappa shape index (κ1) is 11.0. The Hall–Kier alpha value is -1.06. The van der Waals surface area contributed by atoms with Crippen molar-refractivity contribution in [1.29, 1.82) is 0 Å². The molecule has 0 aliphatic carbocycles. The lowest BCUT2D eigenvalue weighted by Crippen LogP contribution is -1.79. The predicted octanol–water partition coefficient (Wildman–Crippen LogP) is 3.05. The smallest absolute Gasteiger partial charge is 0.102 e. The van der Waals surface area contributed by atoms with Gasteiger partial charge in [-0.25, -0.2) is 9.97 Å². The van der Waals surface area contributed by atoms with Gasteiger partial charge >= 0.3 is 0 Å². The highest BCUT2D eigenvalue weighted by Crippen LogP contribution is 2.22. The van der Waals surface area contributed by atoms with Crippen LogP contribution >= 0.6 is 24.2 Å². The van der Waals surface area contributed by atoms with Gasteiger partial charge in [-0.05, 0) is 24.3 Å². The van der Waals surface area contributed by atoms with Crippen LogP contribution in [0.2, 0.25) is 0 Å². The van der Waals surface area contributed by atoms with Crippen molar-refractivity contribution in [3.63, 3.8) is 0 Å². The molecule has 0 aliphatic rings. The first-order valence-corrected chi connectivity index (χ1v) is 4.77. The fourth-order valence-electron chi connectivity index (χ4n) is 0.922. The molecule has 14 heavy (non-hydrogen) atoms. The average Bonchev–Trinajstić information content (AvgIpc) is 2.21. The summed E-state index contributed by atoms with van der Waals surface area (Å²) in [5.41, 5.74) is 0. The number of aromatic nitrogens is 2. The van der Waals surface area contributed by atoms with Gasteiger partial charge < -0.3 is 0 Å². The van der Waals surface area contributed by atoms with Gasteiger partial charge in [-0.15, -0.1) is 12.4 Å². The summed E-state index contributed by atoms with van der Waals surface area (Å²) in [6.45, 7) is 0. The second-order valence-electron chi connectivity index (χ2n) is 2.44. The second kappa shape index (κ2) is 5.62. The van der Waals surface area contributed by atoms with E-state index in [1.807, 2.05) is 36.4 Å². The molecule has 0 aliphatic heterocycles. The van der Waals surface area contributed by atoms with Crippen molar-refractivity contribution in [3.05, 3.63) is 48.8 Å². The third-order valence-electron chi connectivity index (χ3n) is 1.48. The van der Waals surface area contributed by atoms with E-state index in [0.29, 0.717) is 0 Å². The third-order valence-corrected chi connectivity index (χ3v) is 2.39. The zero-order valence-corrected chi connectivity index (χ0v) is 8.96. The van der Waals surface area contributed by atoms with Gasteiger partial charge in [0.05, 0.1) is 0 Å². The molecule has 0 unspecified atom stereocenters. The highest BCUT2D eigenvalue weighted by Gasteiger charge is 1.96. The zero-order chi connectivity index (χ0) is 8.93. The number of nitrogens with zero attached hydrogens (tertiary/aromatic N) is 2. The van der Waals surface area contributed by atoms with Crippen LogP contribution in [0.15, 0.2) is 58.8 Å². The summed E-state index contributed by atoms with van der Waals surface area (Å²) in [6.07, 6.45) is 3.57. The van der Waals surface area contributed by atoms with Gasteiger partial charge in [0.25, 0.3) is 0 Å². The summed E-state index contributed by atoms with van der Waals surface area (Å²) >= 11 is 1.57.